The number of methoxy groups -OCH3 is 1. The lowest BCUT2D eigenvalue weighted by Crippen LogP contribution is -2.14. The van der Waals surface area contributed by atoms with Crippen molar-refractivity contribution in [1.29, 1.82) is 0 Å². The van der Waals surface area contributed by atoms with Gasteiger partial charge in [-0.05, 0) is 48.5 Å². The molecule has 2 aromatic carbocycles. The van der Waals surface area contributed by atoms with Crippen LogP contribution in [0.3, 0.4) is 0 Å². The highest BCUT2D eigenvalue weighted by Crippen LogP contribution is 2.24. The second kappa shape index (κ2) is 8.66. The summed E-state index contributed by atoms with van der Waals surface area (Å²) in [6.07, 6.45) is 1.14. The summed E-state index contributed by atoms with van der Waals surface area (Å²) in [5.41, 5.74) is 1.42. The van der Waals surface area contributed by atoms with Gasteiger partial charge in [0.25, 0.3) is 0 Å². The number of nitrogens with zero attached hydrogens (tertiary/aromatic N) is 3. The molecule has 1 N–H and O–H groups in total. The predicted molar refractivity (Wildman–Crippen MR) is 112 cm³/mol. The number of carbonyl (C=O) groups is 1. The van der Waals surface area contributed by atoms with Crippen molar-refractivity contribution >= 4 is 33.2 Å². The molecule has 0 spiro atoms. The van der Waals surface area contributed by atoms with Crippen LogP contribution in [0.15, 0.2) is 58.6 Å². The van der Waals surface area contributed by atoms with E-state index < -0.39 is 9.84 Å². The van der Waals surface area contributed by atoms with Crippen LogP contribution in [0.2, 0.25) is 0 Å². The molecule has 10 heteroatoms. The van der Waals surface area contributed by atoms with Gasteiger partial charge in [0.05, 0.1) is 17.8 Å². The topological polar surface area (TPSA) is 103 Å². The normalized spacial score (nSPS) is 11.3. The van der Waals surface area contributed by atoms with Crippen molar-refractivity contribution in [3.05, 3.63) is 48.5 Å². The number of rotatable bonds is 7. The van der Waals surface area contributed by atoms with Crippen LogP contribution in [0, 0.1) is 0 Å². The summed E-state index contributed by atoms with van der Waals surface area (Å²) in [5.74, 6) is 1.36. The maximum Gasteiger partial charge on any atom is 0.234 e. The SMILES string of the molecule is COc1ccc(-c2nnc(SCC(=O)Nc3ccc(S(C)(=O)=O)cc3)n2C)cc1. The molecule has 29 heavy (non-hydrogen) atoms. The third-order valence-corrected chi connectivity index (χ3v) is 6.23. The number of hydrogen-bond donors (Lipinski definition) is 1. The Labute approximate surface area is 173 Å². The molecule has 8 nitrogen and oxygen atoms in total. The molecule has 0 aliphatic rings. The van der Waals surface area contributed by atoms with Crippen molar-refractivity contribution in [2.24, 2.45) is 7.05 Å². The monoisotopic (exact) mass is 432 g/mol. The Kier molecular flexibility index (Phi) is 6.23. The number of ether oxygens (including phenoxy) is 1. The van der Waals surface area contributed by atoms with Gasteiger partial charge in [-0.15, -0.1) is 10.2 Å². The fourth-order valence-corrected chi connectivity index (χ4v) is 3.89. The minimum absolute atomic E-state index is 0.141. The fourth-order valence-electron chi connectivity index (χ4n) is 2.54. The zero-order valence-corrected chi connectivity index (χ0v) is 17.8. The van der Waals surface area contributed by atoms with Crippen LogP contribution < -0.4 is 10.1 Å². The lowest BCUT2D eigenvalue weighted by molar-refractivity contribution is -0.113. The molecular formula is C19H20N4O4S2. The van der Waals surface area contributed by atoms with Gasteiger partial charge in [0, 0.05) is 24.6 Å². The van der Waals surface area contributed by atoms with E-state index in [1.54, 1.807) is 19.2 Å². The zero-order chi connectivity index (χ0) is 21.0. The van der Waals surface area contributed by atoms with Gasteiger partial charge in [0.2, 0.25) is 5.91 Å². The lowest BCUT2D eigenvalue weighted by atomic mass is 10.2. The quantitative estimate of drug-likeness (QED) is 0.573. The van der Waals surface area contributed by atoms with Crippen LogP contribution in [0.1, 0.15) is 0 Å². The Morgan fingerprint density at radius 1 is 1.10 bits per heavy atom. The van der Waals surface area contributed by atoms with Crippen LogP contribution in [0.5, 0.6) is 5.75 Å². The second-order valence-electron chi connectivity index (χ2n) is 6.23. The van der Waals surface area contributed by atoms with Gasteiger partial charge in [-0.2, -0.15) is 0 Å². The van der Waals surface area contributed by atoms with E-state index in [4.69, 9.17) is 4.74 Å². The minimum Gasteiger partial charge on any atom is -0.497 e. The molecular weight excluding hydrogens is 412 g/mol. The average Bonchev–Trinajstić information content (AvgIpc) is 3.06. The number of nitrogens with one attached hydrogen (secondary N) is 1. The van der Waals surface area contributed by atoms with Gasteiger partial charge in [0.15, 0.2) is 20.8 Å². The van der Waals surface area contributed by atoms with Crippen molar-refractivity contribution in [3.63, 3.8) is 0 Å². The molecule has 3 rings (SSSR count). The van der Waals surface area contributed by atoms with E-state index in [-0.39, 0.29) is 16.6 Å². The number of sulfone groups is 1. The molecule has 152 valence electrons. The van der Waals surface area contributed by atoms with E-state index in [1.807, 2.05) is 35.9 Å². The third-order valence-electron chi connectivity index (χ3n) is 4.08. The Bertz CT molecular complexity index is 1110. The highest BCUT2D eigenvalue weighted by molar-refractivity contribution is 7.99. The molecule has 0 radical (unpaired) electrons. The lowest BCUT2D eigenvalue weighted by Gasteiger charge is -2.07. The highest BCUT2D eigenvalue weighted by Gasteiger charge is 2.13. The van der Waals surface area contributed by atoms with Crippen molar-refractivity contribution in [2.75, 3.05) is 24.4 Å². The van der Waals surface area contributed by atoms with Gasteiger partial charge in [-0.1, -0.05) is 11.8 Å². The van der Waals surface area contributed by atoms with Crippen LogP contribution in [-0.2, 0) is 21.7 Å². The summed E-state index contributed by atoms with van der Waals surface area (Å²) in [4.78, 5) is 12.4. The number of amides is 1. The predicted octanol–water partition coefficient (Wildman–Crippen LogP) is 2.63. The maximum atomic E-state index is 12.2. The van der Waals surface area contributed by atoms with Gasteiger partial charge < -0.3 is 14.6 Å². The summed E-state index contributed by atoms with van der Waals surface area (Å²) >= 11 is 1.26. The summed E-state index contributed by atoms with van der Waals surface area (Å²) in [6.45, 7) is 0. The first-order valence-electron chi connectivity index (χ1n) is 8.54. The molecule has 0 bridgehead atoms. The molecule has 0 aliphatic carbocycles. The van der Waals surface area contributed by atoms with Crippen LogP contribution in [0.25, 0.3) is 11.4 Å². The number of carbonyl (C=O) groups excluding carboxylic acids is 1. The van der Waals surface area contributed by atoms with Gasteiger partial charge in [-0.3, -0.25) is 4.79 Å². The molecule has 0 saturated carbocycles. The number of hydrogen-bond acceptors (Lipinski definition) is 7. The van der Waals surface area contributed by atoms with E-state index >= 15 is 0 Å². The maximum absolute atomic E-state index is 12.2. The van der Waals surface area contributed by atoms with Crippen molar-refractivity contribution in [3.8, 4) is 17.1 Å². The summed E-state index contributed by atoms with van der Waals surface area (Å²) in [5, 5.41) is 11.7. The second-order valence-corrected chi connectivity index (χ2v) is 9.19. The first kappa shape index (κ1) is 20.9. The molecule has 1 amide bonds. The van der Waals surface area contributed by atoms with Crippen molar-refractivity contribution in [1.82, 2.24) is 14.8 Å². The Morgan fingerprint density at radius 3 is 2.34 bits per heavy atom. The van der Waals surface area contributed by atoms with Crippen LogP contribution >= 0.6 is 11.8 Å². The fraction of sp³-hybridized carbons (Fsp3) is 0.211. The van der Waals surface area contributed by atoms with E-state index in [2.05, 4.69) is 15.5 Å². The minimum atomic E-state index is -3.27. The summed E-state index contributed by atoms with van der Waals surface area (Å²) in [7, 11) is 0.180. The molecule has 3 aromatic rings. The summed E-state index contributed by atoms with van der Waals surface area (Å²) in [6, 6.07) is 13.5. The summed E-state index contributed by atoms with van der Waals surface area (Å²) < 4.78 is 29.9. The third kappa shape index (κ3) is 5.15. The molecule has 0 unspecified atom stereocenters. The van der Waals surface area contributed by atoms with E-state index in [0.717, 1.165) is 17.6 Å². The zero-order valence-electron chi connectivity index (χ0n) is 16.1. The molecule has 0 saturated heterocycles. The van der Waals surface area contributed by atoms with Crippen LogP contribution in [-0.4, -0.2) is 48.2 Å². The molecule has 1 heterocycles. The van der Waals surface area contributed by atoms with E-state index in [0.29, 0.717) is 16.7 Å². The molecule has 0 atom stereocenters. The smallest absolute Gasteiger partial charge is 0.234 e. The average molecular weight is 433 g/mol. The van der Waals surface area contributed by atoms with Gasteiger partial charge >= 0.3 is 0 Å². The van der Waals surface area contributed by atoms with Crippen molar-refractivity contribution in [2.45, 2.75) is 10.1 Å². The number of anilines is 1. The Morgan fingerprint density at radius 2 is 1.76 bits per heavy atom. The van der Waals surface area contributed by atoms with E-state index in [9.17, 15) is 13.2 Å². The molecule has 1 aromatic heterocycles. The largest absolute Gasteiger partial charge is 0.497 e. The first-order chi connectivity index (χ1) is 13.8. The van der Waals surface area contributed by atoms with Gasteiger partial charge in [-0.25, -0.2) is 8.42 Å². The van der Waals surface area contributed by atoms with Gasteiger partial charge in [0.1, 0.15) is 5.75 Å². The Balaban J connectivity index is 1.61. The Hall–Kier alpha value is -2.85. The molecule has 0 aliphatic heterocycles. The number of aromatic nitrogens is 3. The highest BCUT2D eigenvalue weighted by atomic mass is 32.2. The van der Waals surface area contributed by atoms with E-state index in [1.165, 1.54) is 23.9 Å². The number of thioether (sulfide) groups is 1. The molecule has 0 fully saturated rings. The van der Waals surface area contributed by atoms with Crippen LogP contribution in [0.4, 0.5) is 5.69 Å². The first-order valence-corrected chi connectivity index (χ1v) is 11.4. The number of benzene rings is 2. The standard InChI is InChI=1S/C19H20N4O4S2/c1-23-18(13-4-8-15(27-2)9-5-13)21-22-19(23)28-12-17(24)20-14-6-10-16(11-7-14)29(3,25)26/h4-11H,12H2,1-3H3,(H,20,24). The van der Waals surface area contributed by atoms with Crippen molar-refractivity contribution < 1.29 is 17.9 Å².